The highest BCUT2D eigenvalue weighted by Crippen LogP contribution is 2.31. The van der Waals surface area contributed by atoms with Gasteiger partial charge in [-0.05, 0) is 18.2 Å². The number of rotatable bonds is 3. The zero-order valence-corrected chi connectivity index (χ0v) is 11.1. The van der Waals surface area contributed by atoms with Crippen molar-refractivity contribution in [3.05, 3.63) is 45.7 Å². The fraction of sp³-hybridized carbons (Fsp3) is 0.182. The minimum absolute atomic E-state index is 0.0718. The molecule has 1 aromatic carbocycles. The predicted octanol–water partition coefficient (Wildman–Crippen LogP) is 4.86. The zero-order valence-electron chi connectivity index (χ0n) is 8.88. The van der Waals surface area contributed by atoms with Crippen molar-refractivity contribution in [3.63, 3.8) is 0 Å². The van der Waals surface area contributed by atoms with Crippen LogP contribution in [-0.4, -0.2) is 9.78 Å². The third-order valence-electron chi connectivity index (χ3n) is 2.34. The molecular formula is C11H7Cl3F2N2. The van der Waals surface area contributed by atoms with Crippen LogP contribution < -0.4 is 0 Å². The van der Waals surface area contributed by atoms with Crippen LogP contribution in [0.4, 0.5) is 8.78 Å². The lowest BCUT2D eigenvalue weighted by atomic mass is 10.3. The Morgan fingerprint density at radius 3 is 2.50 bits per heavy atom. The standard InChI is InChI=1S/C11H7Cl3F2N2/c12-5-8-9(11(15)16)17-18(10(8)14)7-3-1-2-6(13)4-7/h1-4,11H,5H2. The molecule has 0 aliphatic heterocycles. The molecule has 0 aliphatic carbocycles. The average molecular weight is 312 g/mol. The summed E-state index contributed by atoms with van der Waals surface area (Å²) in [4.78, 5) is 0. The molecule has 1 heterocycles. The number of alkyl halides is 3. The van der Waals surface area contributed by atoms with E-state index in [1.807, 2.05) is 0 Å². The van der Waals surface area contributed by atoms with Crippen LogP contribution in [0.15, 0.2) is 24.3 Å². The van der Waals surface area contributed by atoms with E-state index in [4.69, 9.17) is 34.8 Å². The molecule has 0 radical (unpaired) electrons. The Morgan fingerprint density at radius 1 is 1.28 bits per heavy atom. The van der Waals surface area contributed by atoms with E-state index in [1.165, 1.54) is 4.68 Å². The number of benzene rings is 1. The van der Waals surface area contributed by atoms with E-state index in [0.29, 0.717) is 10.7 Å². The Labute approximate surface area is 117 Å². The van der Waals surface area contributed by atoms with Crippen molar-refractivity contribution in [1.82, 2.24) is 9.78 Å². The second-order valence-electron chi connectivity index (χ2n) is 3.48. The first-order valence-corrected chi connectivity index (χ1v) is 6.21. The van der Waals surface area contributed by atoms with Crippen molar-refractivity contribution in [1.29, 1.82) is 0 Å². The van der Waals surface area contributed by atoms with Gasteiger partial charge in [-0.3, -0.25) is 0 Å². The quantitative estimate of drug-likeness (QED) is 0.741. The minimum Gasteiger partial charge on any atom is -0.221 e. The fourth-order valence-electron chi connectivity index (χ4n) is 1.52. The predicted molar refractivity (Wildman–Crippen MR) is 68.1 cm³/mol. The van der Waals surface area contributed by atoms with Gasteiger partial charge in [0, 0.05) is 10.6 Å². The molecule has 0 fully saturated rings. The molecule has 0 bridgehead atoms. The molecule has 1 aromatic heterocycles. The van der Waals surface area contributed by atoms with E-state index in [1.54, 1.807) is 24.3 Å². The van der Waals surface area contributed by atoms with Crippen LogP contribution >= 0.6 is 34.8 Å². The van der Waals surface area contributed by atoms with Crippen molar-refractivity contribution in [3.8, 4) is 5.69 Å². The molecule has 0 N–H and O–H groups in total. The van der Waals surface area contributed by atoms with Gasteiger partial charge in [0.2, 0.25) is 0 Å². The summed E-state index contributed by atoms with van der Waals surface area (Å²) < 4.78 is 26.8. The lowest BCUT2D eigenvalue weighted by Crippen LogP contribution is -1.97. The Bertz CT molecular complexity index is 569. The van der Waals surface area contributed by atoms with Gasteiger partial charge in [0.1, 0.15) is 10.8 Å². The molecule has 7 heteroatoms. The summed E-state index contributed by atoms with van der Waals surface area (Å²) in [5.74, 6) is -0.126. The summed E-state index contributed by atoms with van der Waals surface area (Å²) in [5, 5.41) is 4.32. The third-order valence-corrected chi connectivity index (χ3v) is 3.24. The Kier molecular flexibility index (Phi) is 4.10. The lowest BCUT2D eigenvalue weighted by molar-refractivity contribution is 0.144. The molecule has 2 rings (SSSR count). The molecule has 2 nitrogen and oxygen atoms in total. The maximum atomic E-state index is 12.8. The van der Waals surface area contributed by atoms with Gasteiger partial charge in [0.15, 0.2) is 0 Å². The maximum Gasteiger partial charge on any atom is 0.282 e. The van der Waals surface area contributed by atoms with Crippen LogP contribution in [0, 0.1) is 0 Å². The third kappa shape index (κ3) is 2.46. The SMILES string of the molecule is FC(F)c1nn(-c2cccc(Cl)c2)c(Cl)c1CCl. The Hall–Kier alpha value is -0.840. The van der Waals surface area contributed by atoms with E-state index in [2.05, 4.69) is 5.10 Å². The highest BCUT2D eigenvalue weighted by Gasteiger charge is 2.23. The van der Waals surface area contributed by atoms with Crippen LogP contribution in [-0.2, 0) is 5.88 Å². The highest BCUT2D eigenvalue weighted by molar-refractivity contribution is 6.32. The normalized spacial score (nSPS) is 11.2. The van der Waals surface area contributed by atoms with Gasteiger partial charge >= 0.3 is 0 Å². The molecule has 0 saturated heterocycles. The molecule has 0 atom stereocenters. The van der Waals surface area contributed by atoms with Gasteiger partial charge in [-0.2, -0.15) is 5.10 Å². The number of hydrogen-bond donors (Lipinski definition) is 0. The molecular weight excluding hydrogens is 304 g/mol. The molecule has 18 heavy (non-hydrogen) atoms. The summed E-state index contributed by atoms with van der Waals surface area (Å²) in [5.41, 5.74) is 0.231. The topological polar surface area (TPSA) is 17.8 Å². The van der Waals surface area contributed by atoms with Crippen molar-refractivity contribution < 1.29 is 8.78 Å². The smallest absolute Gasteiger partial charge is 0.221 e. The molecule has 0 saturated carbocycles. The summed E-state index contributed by atoms with van der Waals surface area (Å²) in [6.45, 7) is 0. The summed E-state index contributed by atoms with van der Waals surface area (Å²) in [6, 6.07) is 6.59. The van der Waals surface area contributed by atoms with Gasteiger partial charge in [0.25, 0.3) is 6.43 Å². The van der Waals surface area contributed by atoms with Crippen molar-refractivity contribution in [2.75, 3.05) is 0 Å². The van der Waals surface area contributed by atoms with E-state index < -0.39 is 12.1 Å². The lowest BCUT2D eigenvalue weighted by Gasteiger charge is -2.03. The van der Waals surface area contributed by atoms with Gasteiger partial charge < -0.3 is 0 Å². The Balaban J connectivity index is 2.59. The number of halogens is 5. The van der Waals surface area contributed by atoms with Gasteiger partial charge in [0.05, 0.1) is 11.6 Å². The van der Waals surface area contributed by atoms with Gasteiger partial charge in [-0.1, -0.05) is 29.3 Å². The van der Waals surface area contributed by atoms with Crippen molar-refractivity contribution in [2.45, 2.75) is 12.3 Å². The maximum absolute atomic E-state index is 12.8. The largest absolute Gasteiger partial charge is 0.282 e. The van der Waals surface area contributed by atoms with E-state index in [-0.39, 0.29) is 16.6 Å². The monoisotopic (exact) mass is 310 g/mol. The molecule has 0 unspecified atom stereocenters. The number of hydrogen-bond acceptors (Lipinski definition) is 1. The van der Waals surface area contributed by atoms with E-state index in [9.17, 15) is 8.78 Å². The van der Waals surface area contributed by atoms with E-state index >= 15 is 0 Å². The van der Waals surface area contributed by atoms with Crippen molar-refractivity contribution in [2.24, 2.45) is 0 Å². The van der Waals surface area contributed by atoms with E-state index in [0.717, 1.165) is 0 Å². The molecule has 0 amide bonds. The summed E-state index contributed by atoms with van der Waals surface area (Å²) >= 11 is 17.4. The van der Waals surface area contributed by atoms with Gasteiger partial charge in [-0.15, -0.1) is 11.6 Å². The second-order valence-corrected chi connectivity index (χ2v) is 4.54. The second kappa shape index (κ2) is 5.43. The van der Waals surface area contributed by atoms with Crippen LogP contribution in [0.2, 0.25) is 10.2 Å². The molecule has 0 aliphatic rings. The number of nitrogens with zero attached hydrogens (tertiary/aromatic N) is 2. The highest BCUT2D eigenvalue weighted by atomic mass is 35.5. The summed E-state index contributed by atoms with van der Waals surface area (Å²) in [7, 11) is 0. The molecule has 96 valence electrons. The van der Waals surface area contributed by atoms with Crippen LogP contribution in [0.3, 0.4) is 0 Å². The first kappa shape index (κ1) is 13.6. The van der Waals surface area contributed by atoms with Gasteiger partial charge in [-0.25, -0.2) is 13.5 Å². The molecule has 2 aromatic rings. The summed E-state index contributed by atoms with van der Waals surface area (Å²) in [6.07, 6.45) is -2.73. The van der Waals surface area contributed by atoms with Crippen LogP contribution in [0.5, 0.6) is 0 Å². The first-order chi connectivity index (χ1) is 8.54. The van der Waals surface area contributed by atoms with Crippen LogP contribution in [0.25, 0.3) is 5.69 Å². The first-order valence-electron chi connectivity index (χ1n) is 4.92. The van der Waals surface area contributed by atoms with Crippen LogP contribution in [0.1, 0.15) is 17.7 Å². The minimum atomic E-state index is -2.73. The Morgan fingerprint density at radius 2 is 2.00 bits per heavy atom. The fourth-order valence-corrected chi connectivity index (χ4v) is 2.34. The zero-order chi connectivity index (χ0) is 13.3. The molecule has 0 spiro atoms. The number of aromatic nitrogens is 2. The average Bonchev–Trinajstić information content (AvgIpc) is 2.66. The van der Waals surface area contributed by atoms with Crippen molar-refractivity contribution >= 4 is 34.8 Å².